The number of carbonyl (C=O) groups is 2. The summed E-state index contributed by atoms with van der Waals surface area (Å²) in [4.78, 5) is 23.4. The third-order valence-corrected chi connectivity index (χ3v) is 8.84. The van der Waals surface area contributed by atoms with Gasteiger partial charge in [0.1, 0.15) is 23.2 Å². The molecule has 0 bridgehead atoms. The molecular formula is C25H34O7. The normalized spacial score (nSPS) is 37.3. The van der Waals surface area contributed by atoms with Crippen LogP contribution < -0.4 is 4.74 Å². The average molecular weight is 447 g/mol. The van der Waals surface area contributed by atoms with E-state index in [0.29, 0.717) is 36.0 Å². The quantitative estimate of drug-likeness (QED) is 0.483. The van der Waals surface area contributed by atoms with E-state index in [4.69, 9.17) is 9.47 Å². The Bertz CT molecular complexity index is 954. The second-order valence-electron chi connectivity index (χ2n) is 10.8. The van der Waals surface area contributed by atoms with E-state index in [1.165, 1.54) is 6.92 Å². The van der Waals surface area contributed by atoms with Crippen LogP contribution >= 0.6 is 0 Å². The van der Waals surface area contributed by atoms with Crippen LogP contribution in [-0.2, 0) is 22.6 Å². The molecule has 0 amide bonds. The SMILES string of the molecule is CC(=O)OC1C(O)CC2(C)C(CCC(C)C23Cc2c(cc(CO)c(C=O)c2O)O3)C1(C)C. The Morgan fingerprint density at radius 3 is 2.59 bits per heavy atom. The first-order chi connectivity index (χ1) is 14.9. The second-order valence-corrected chi connectivity index (χ2v) is 10.8. The van der Waals surface area contributed by atoms with Gasteiger partial charge in [-0.05, 0) is 42.7 Å². The molecule has 1 aromatic carbocycles. The third kappa shape index (κ3) is 2.93. The summed E-state index contributed by atoms with van der Waals surface area (Å²) in [6, 6.07) is 1.65. The average Bonchev–Trinajstić information content (AvgIpc) is 3.11. The molecule has 3 aliphatic rings. The Labute approximate surface area is 188 Å². The highest BCUT2D eigenvalue weighted by Gasteiger charge is 2.69. The summed E-state index contributed by atoms with van der Waals surface area (Å²) in [7, 11) is 0. The van der Waals surface area contributed by atoms with Crippen molar-refractivity contribution >= 4 is 12.3 Å². The fourth-order valence-electron chi connectivity index (χ4n) is 7.35. The molecule has 1 heterocycles. The van der Waals surface area contributed by atoms with Crippen molar-refractivity contribution in [2.45, 2.75) is 84.7 Å². The zero-order valence-electron chi connectivity index (χ0n) is 19.5. The number of hydrogen-bond acceptors (Lipinski definition) is 7. The van der Waals surface area contributed by atoms with Crippen LogP contribution in [0.5, 0.6) is 11.5 Å². The van der Waals surface area contributed by atoms with Crippen LogP contribution in [0.4, 0.5) is 0 Å². The predicted molar refractivity (Wildman–Crippen MR) is 116 cm³/mol. The van der Waals surface area contributed by atoms with Gasteiger partial charge in [-0.2, -0.15) is 0 Å². The minimum atomic E-state index is -0.850. The molecule has 6 unspecified atom stereocenters. The number of carbonyl (C=O) groups excluding carboxylic acids is 2. The summed E-state index contributed by atoms with van der Waals surface area (Å²) in [5.74, 6) is 0.168. The van der Waals surface area contributed by atoms with Crippen molar-refractivity contribution in [2.75, 3.05) is 0 Å². The largest absolute Gasteiger partial charge is 0.507 e. The molecule has 2 saturated carbocycles. The molecule has 2 fully saturated rings. The van der Waals surface area contributed by atoms with Crippen LogP contribution in [0.15, 0.2) is 6.07 Å². The number of aldehydes is 1. The van der Waals surface area contributed by atoms with Crippen LogP contribution in [0.1, 0.15) is 75.4 Å². The van der Waals surface area contributed by atoms with Gasteiger partial charge in [-0.25, -0.2) is 0 Å². The van der Waals surface area contributed by atoms with E-state index in [1.807, 2.05) is 13.8 Å². The maximum atomic E-state index is 11.8. The van der Waals surface area contributed by atoms with Gasteiger partial charge in [0.05, 0.1) is 18.3 Å². The second kappa shape index (κ2) is 7.45. The Balaban J connectivity index is 1.82. The molecule has 6 atom stereocenters. The summed E-state index contributed by atoms with van der Waals surface area (Å²) in [6.45, 7) is 9.35. The Morgan fingerprint density at radius 1 is 1.31 bits per heavy atom. The summed E-state index contributed by atoms with van der Waals surface area (Å²) in [5.41, 5.74) is -0.670. The lowest BCUT2D eigenvalue weighted by molar-refractivity contribution is -0.246. The molecule has 0 saturated heterocycles. The summed E-state index contributed by atoms with van der Waals surface area (Å²) >= 11 is 0. The van der Waals surface area contributed by atoms with Crippen LogP contribution in [0.25, 0.3) is 0 Å². The van der Waals surface area contributed by atoms with Gasteiger partial charge in [-0.3, -0.25) is 9.59 Å². The molecule has 1 aromatic rings. The molecule has 1 aliphatic heterocycles. The highest BCUT2D eigenvalue weighted by molar-refractivity contribution is 5.84. The van der Waals surface area contributed by atoms with E-state index >= 15 is 0 Å². The number of fused-ring (bicyclic) bond motifs is 3. The third-order valence-electron chi connectivity index (χ3n) is 8.84. The van der Waals surface area contributed by atoms with Crippen molar-refractivity contribution in [1.29, 1.82) is 0 Å². The molecule has 3 N–H and O–H groups in total. The fourth-order valence-corrected chi connectivity index (χ4v) is 7.35. The Hall–Kier alpha value is -2.12. The van der Waals surface area contributed by atoms with E-state index < -0.39 is 34.6 Å². The topological polar surface area (TPSA) is 113 Å². The van der Waals surface area contributed by atoms with Gasteiger partial charge in [0.2, 0.25) is 0 Å². The molecule has 176 valence electrons. The summed E-state index contributed by atoms with van der Waals surface area (Å²) in [6.07, 6.45) is 1.71. The van der Waals surface area contributed by atoms with Crippen LogP contribution in [0, 0.1) is 22.7 Å². The monoisotopic (exact) mass is 446 g/mol. The number of hydrogen-bond donors (Lipinski definition) is 3. The molecule has 7 heteroatoms. The number of benzene rings is 1. The van der Waals surface area contributed by atoms with Crippen molar-refractivity contribution in [3.05, 3.63) is 22.8 Å². The van der Waals surface area contributed by atoms with Gasteiger partial charge in [-0.15, -0.1) is 0 Å². The number of ether oxygens (including phenoxy) is 2. The lowest BCUT2D eigenvalue weighted by Gasteiger charge is -2.65. The minimum absolute atomic E-state index is 0.0935. The Morgan fingerprint density at radius 2 is 2.00 bits per heavy atom. The van der Waals surface area contributed by atoms with Gasteiger partial charge in [0.25, 0.3) is 0 Å². The van der Waals surface area contributed by atoms with E-state index in [-0.39, 0.29) is 29.8 Å². The highest BCUT2D eigenvalue weighted by atomic mass is 16.6. The van der Waals surface area contributed by atoms with E-state index in [9.17, 15) is 24.9 Å². The molecule has 2 aliphatic carbocycles. The number of aliphatic hydroxyl groups is 2. The summed E-state index contributed by atoms with van der Waals surface area (Å²) < 4.78 is 12.3. The highest BCUT2D eigenvalue weighted by Crippen LogP contribution is 2.67. The van der Waals surface area contributed by atoms with Crippen molar-refractivity contribution in [3.8, 4) is 11.5 Å². The number of aliphatic hydroxyl groups excluding tert-OH is 2. The van der Waals surface area contributed by atoms with E-state index in [0.717, 1.165) is 12.8 Å². The molecule has 7 nitrogen and oxygen atoms in total. The van der Waals surface area contributed by atoms with Crippen molar-refractivity contribution in [2.24, 2.45) is 22.7 Å². The molecule has 1 spiro atoms. The van der Waals surface area contributed by atoms with Crippen LogP contribution in [-0.4, -0.2) is 45.4 Å². The molecule has 4 rings (SSSR count). The number of esters is 1. The van der Waals surface area contributed by atoms with E-state index in [1.54, 1.807) is 6.07 Å². The molecule has 0 radical (unpaired) electrons. The molecule has 32 heavy (non-hydrogen) atoms. The predicted octanol–water partition coefficient (Wildman–Crippen LogP) is 3.15. The number of rotatable bonds is 3. The first kappa shape index (κ1) is 23.1. The van der Waals surface area contributed by atoms with Crippen molar-refractivity contribution in [1.82, 2.24) is 0 Å². The van der Waals surface area contributed by atoms with Gasteiger partial charge < -0.3 is 24.8 Å². The number of aromatic hydroxyl groups is 1. The maximum Gasteiger partial charge on any atom is 0.303 e. The Kier molecular flexibility index (Phi) is 5.37. The van der Waals surface area contributed by atoms with Gasteiger partial charge in [0, 0.05) is 29.7 Å². The molecular weight excluding hydrogens is 412 g/mol. The maximum absolute atomic E-state index is 11.8. The summed E-state index contributed by atoms with van der Waals surface area (Å²) in [5, 5.41) is 31.7. The number of phenolic OH excluding ortho intramolecular Hbond substituents is 1. The zero-order chi connectivity index (χ0) is 23.6. The fraction of sp³-hybridized carbons (Fsp3) is 0.680. The van der Waals surface area contributed by atoms with Gasteiger partial charge >= 0.3 is 5.97 Å². The van der Waals surface area contributed by atoms with E-state index in [2.05, 4.69) is 13.8 Å². The lowest BCUT2D eigenvalue weighted by Crippen LogP contribution is -2.69. The van der Waals surface area contributed by atoms with Gasteiger partial charge in [0.15, 0.2) is 6.29 Å². The lowest BCUT2D eigenvalue weighted by atomic mass is 9.43. The first-order valence-corrected chi connectivity index (χ1v) is 11.4. The van der Waals surface area contributed by atoms with Crippen LogP contribution in [0.3, 0.4) is 0 Å². The standard InChI is InChI=1S/C25H34O7/c1-13-6-7-20-23(3,4)22(31-14(2)28)18(29)10-24(20,5)25(13)9-16-19(32-25)8-15(11-26)17(12-27)21(16)30/h8,12-13,18,20,22,26,29-30H,6-7,9-11H2,1-5H3. The zero-order valence-corrected chi connectivity index (χ0v) is 19.5. The minimum Gasteiger partial charge on any atom is -0.507 e. The van der Waals surface area contributed by atoms with Crippen molar-refractivity contribution in [3.63, 3.8) is 0 Å². The van der Waals surface area contributed by atoms with Crippen molar-refractivity contribution < 1.29 is 34.4 Å². The molecule has 0 aromatic heterocycles. The van der Waals surface area contributed by atoms with Gasteiger partial charge in [-0.1, -0.05) is 27.7 Å². The van der Waals surface area contributed by atoms with Crippen LogP contribution in [0.2, 0.25) is 0 Å². The number of phenols is 1. The smallest absolute Gasteiger partial charge is 0.303 e. The first-order valence-electron chi connectivity index (χ1n) is 11.4.